The number of nitriles is 1. The molecular formula is C19H16N4O3. The maximum atomic E-state index is 11.8. The van der Waals surface area contributed by atoms with Crippen LogP contribution in [0.3, 0.4) is 0 Å². The fourth-order valence-corrected chi connectivity index (χ4v) is 2.64. The number of ketones is 1. The largest absolute Gasteiger partial charge is 0.506 e. The van der Waals surface area contributed by atoms with Gasteiger partial charge in [0.1, 0.15) is 28.1 Å². The minimum atomic E-state index is -1.60. The number of nitrogens with zero attached hydrogens (tertiary/aromatic N) is 4. The predicted octanol–water partition coefficient (Wildman–Crippen LogP) is 2.05. The van der Waals surface area contributed by atoms with Gasteiger partial charge in [0, 0.05) is 6.42 Å². The van der Waals surface area contributed by atoms with Crippen molar-refractivity contribution in [2.75, 3.05) is 0 Å². The number of aromatic hydroxyl groups is 1. The van der Waals surface area contributed by atoms with E-state index in [1.807, 2.05) is 6.07 Å². The van der Waals surface area contributed by atoms with Gasteiger partial charge >= 0.3 is 0 Å². The standard InChI is InChI=1S/C19H16N4O3/c1-3-18(25)19(2,26)10-12-5-7-17(24)16(9-12)23-21-14-6-4-13(11-20)8-15(14)22-23/h3-9,24,26H,1,10H2,2H3. The second-order valence-electron chi connectivity index (χ2n) is 6.15. The Bertz CT molecular complexity index is 1060. The molecule has 0 spiro atoms. The summed E-state index contributed by atoms with van der Waals surface area (Å²) >= 11 is 0. The Morgan fingerprint density at radius 3 is 2.73 bits per heavy atom. The lowest BCUT2D eigenvalue weighted by Crippen LogP contribution is -2.36. The van der Waals surface area contributed by atoms with Gasteiger partial charge in [-0.2, -0.15) is 5.26 Å². The second-order valence-corrected chi connectivity index (χ2v) is 6.15. The number of carbonyl (C=O) groups is 1. The molecule has 1 unspecified atom stereocenters. The van der Waals surface area contributed by atoms with E-state index in [9.17, 15) is 15.0 Å². The summed E-state index contributed by atoms with van der Waals surface area (Å²) in [6.45, 7) is 4.80. The van der Waals surface area contributed by atoms with Crippen molar-refractivity contribution >= 4 is 16.8 Å². The van der Waals surface area contributed by atoms with Crippen molar-refractivity contribution in [3.63, 3.8) is 0 Å². The summed E-state index contributed by atoms with van der Waals surface area (Å²) in [5.74, 6) is -0.539. The highest BCUT2D eigenvalue weighted by molar-refractivity contribution is 5.96. The Labute approximate surface area is 149 Å². The predicted molar refractivity (Wildman–Crippen MR) is 94.8 cm³/mol. The van der Waals surface area contributed by atoms with E-state index in [2.05, 4.69) is 16.8 Å². The number of benzene rings is 2. The first-order valence-corrected chi connectivity index (χ1v) is 7.83. The number of aromatic nitrogens is 3. The molecule has 2 N–H and O–H groups in total. The van der Waals surface area contributed by atoms with Crippen LogP contribution in [-0.4, -0.2) is 36.6 Å². The number of rotatable bonds is 5. The highest BCUT2D eigenvalue weighted by atomic mass is 16.3. The van der Waals surface area contributed by atoms with Crippen LogP contribution in [0.2, 0.25) is 0 Å². The molecule has 0 saturated carbocycles. The van der Waals surface area contributed by atoms with Gasteiger partial charge in [0.25, 0.3) is 0 Å². The molecule has 1 aromatic heterocycles. The molecule has 3 rings (SSSR count). The van der Waals surface area contributed by atoms with Crippen LogP contribution >= 0.6 is 0 Å². The van der Waals surface area contributed by atoms with Crippen molar-refractivity contribution < 1.29 is 15.0 Å². The van der Waals surface area contributed by atoms with Gasteiger partial charge in [-0.3, -0.25) is 4.79 Å². The van der Waals surface area contributed by atoms with Crippen LogP contribution in [0.15, 0.2) is 49.1 Å². The lowest BCUT2D eigenvalue weighted by molar-refractivity contribution is -0.130. The number of aliphatic hydroxyl groups is 1. The van der Waals surface area contributed by atoms with Gasteiger partial charge in [-0.25, -0.2) is 0 Å². The van der Waals surface area contributed by atoms with E-state index in [4.69, 9.17) is 5.26 Å². The fraction of sp³-hybridized carbons (Fsp3) is 0.158. The highest BCUT2D eigenvalue weighted by Crippen LogP contribution is 2.25. The lowest BCUT2D eigenvalue weighted by Gasteiger charge is -2.20. The monoisotopic (exact) mass is 348 g/mol. The van der Waals surface area contributed by atoms with Crippen molar-refractivity contribution in [1.82, 2.24) is 15.0 Å². The second kappa shape index (κ2) is 6.43. The quantitative estimate of drug-likeness (QED) is 0.683. The summed E-state index contributed by atoms with van der Waals surface area (Å²) in [6, 6.07) is 11.6. The Kier molecular flexibility index (Phi) is 4.28. The summed E-state index contributed by atoms with van der Waals surface area (Å²) in [5, 5.41) is 38.0. The zero-order valence-electron chi connectivity index (χ0n) is 14.0. The number of fused-ring (bicyclic) bond motifs is 1. The maximum Gasteiger partial charge on any atom is 0.186 e. The summed E-state index contributed by atoms with van der Waals surface area (Å²) in [6.07, 6.45) is 1.13. The number of carbonyl (C=O) groups excluding carboxylic acids is 1. The Balaban J connectivity index is 2.02. The Morgan fingerprint density at radius 2 is 2.04 bits per heavy atom. The average molecular weight is 348 g/mol. The summed E-state index contributed by atoms with van der Waals surface area (Å²) in [4.78, 5) is 13.0. The SMILES string of the molecule is C=CC(=O)C(C)(O)Cc1ccc(O)c(-n2nc3ccc(C#N)cc3n2)c1. The van der Waals surface area contributed by atoms with Gasteiger partial charge < -0.3 is 10.2 Å². The molecule has 0 aliphatic rings. The smallest absolute Gasteiger partial charge is 0.186 e. The number of phenolic OH excluding ortho intramolecular Hbond substituents is 1. The Hall–Kier alpha value is -3.50. The zero-order chi connectivity index (χ0) is 18.9. The third-order valence-electron chi connectivity index (χ3n) is 4.03. The van der Waals surface area contributed by atoms with E-state index in [0.717, 1.165) is 6.08 Å². The van der Waals surface area contributed by atoms with E-state index in [1.165, 1.54) is 17.8 Å². The molecule has 0 radical (unpaired) electrons. The van der Waals surface area contributed by atoms with Crippen LogP contribution in [-0.2, 0) is 11.2 Å². The summed E-state index contributed by atoms with van der Waals surface area (Å²) in [5.41, 5.74) is 0.878. The molecule has 1 heterocycles. The fourth-order valence-electron chi connectivity index (χ4n) is 2.64. The van der Waals surface area contributed by atoms with E-state index in [-0.39, 0.29) is 12.2 Å². The molecule has 7 nitrogen and oxygen atoms in total. The van der Waals surface area contributed by atoms with Gasteiger partial charge in [0.2, 0.25) is 0 Å². The van der Waals surface area contributed by atoms with E-state index in [1.54, 1.807) is 30.3 Å². The summed E-state index contributed by atoms with van der Waals surface area (Å²) < 4.78 is 0. The third-order valence-corrected chi connectivity index (χ3v) is 4.03. The molecule has 0 aliphatic heterocycles. The van der Waals surface area contributed by atoms with Crippen molar-refractivity contribution in [3.05, 3.63) is 60.2 Å². The normalized spacial score (nSPS) is 13.1. The topological polar surface area (TPSA) is 112 Å². The Morgan fingerprint density at radius 1 is 1.31 bits per heavy atom. The molecule has 0 fully saturated rings. The van der Waals surface area contributed by atoms with Crippen LogP contribution in [0.1, 0.15) is 18.1 Å². The first-order valence-electron chi connectivity index (χ1n) is 7.83. The lowest BCUT2D eigenvalue weighted by atomic mass is 9.92. The molecule has 7 heteroatoms. The molecule has 26 heavy (non-hydrogen) atoms. The van der Waals surface area contributed by atoms with Gasteiger partial charge in [-0.15, -0.1) is 15.0 Å². The van der Waals surface area contributed by atoms with Crippen molar-refractivity contribution in [2.45, 2.75) is 18.9 Å². The van der Waals surface area contributed by atoms with E-state index < -0.39 is 11.4 Å². The van der Waals surface area contributed by atoms with Crippen LogP contribution in [0.25, 0.3) is 16.7 Å². The maximum absolute atomic E-state index is 11.8. The minimum absolute atomic E-state index is 0.0461. The van der Waals surface area contributed by atoms with Crippen LogP contribution in [0.4, 0.5) is 0 Å². The van der Waals surface area contributed by atoms with Gasteiger partial charge in [0.15, 0.2) is 5.78 Å². The number of hydrogen-bond acceptors (Lipinski definition) is 6. The molecule has 3 aromatic rings. The van der Waals surface area contributed by atoms with E-state index >= 15 is 0 Å². The molecule has 0 aliphatic carbocycles. The molecule has 2 aromatic carbocycles. The zero-order valence-corrected chi connectivity index (χ0v) is 14.0. The van der Waals surface area contributed by atoms with E-state index in [0.29, 0.717) is 27.8 Å². The number of phenols is 1. The molecular weight excluding hydrogens is 332 g/mol. The van der Waals surface area contributed by atoms with Crippen LogP contribution < -0.4 is 0 Å². The molecule has 1 atom stereocenters. The molecule has 0 bridgehead atoms. The first-order chi connectivity index (χ1) is 12.3. The van der Waals surface area contributed by atoms with Gasteiger partial charge in [0.05, 0.1) is 11.6 Å². The average Bonchev–Trinajstić information content (AvgIpc) is 3.05. The van der Waals surface area contributed by atoms with Crippen molar-refractivity contribution in [1.29, 1.82) is 5.26 Å². The summed E-state index contributed by atoms with van der Waals surface area (Å²) in [7, 11) is 0. The molecule has 0 saturated heterocycles. The van der Waals surface area contributed by atoms with Crippen LogP contribution in [0, 0.1) is 11.3 Å². The minimum Gasteiger partial charge on any atom is -0.506 e. The van der Waals surface area contributed by atoms with Crippen molar-refractivity contribution in [3.8, 4) is 17.5 Å². The highest BCUT2D eigenvalue weighted by Gasteiger charge is 2.28. The molecule has 0 amide bonds. The first kappa shape index (κ1) is 17.3. The number of hydrogen-bond donors (Lipinski definition) is 2. The van der Waals surface area contributed by atoms with Gasteiger partial charge in [-0.05, 0) is 48.9 Å². The molecule has 130 valence electrons. The van der Waals surface area contributed by atoms with Crippen molar-refractivity contribution in [2.24, 2.45) is 0 Å². The third kappa shape index (κ3) is 3.18. The van der Waals surface area contributed by atoms with Crippen LogP contribution in [0.5, 0.6) is 5.75 Å². The van der Waals surface area contributed by atoms with Gasteiger partial charge in [-0.1, -0.05) is 12.6 Å².